The van der Waals surface area contributed by atoms with Gasteiger partial charge in [0.2, 0.25) is 18.4 Å². The Labute approximate surface area is 151 Å². The molecule has 0 bridgehead atoms. The molecule has 2 aromatic rings. The molecule has 7 nitrogen and oxygen atoms in total. The Bertz CT molecular complexity index is 858. The number of hydrogen-bond donors (Lipinski definition) is 0. The number of hydrogen-bond acceptors (Lipinski definition) is 5. The molecular formula is C19H21N3O4. The third-order valence-corrected chi connectivity index (χ3v) is 5.31. The van der Waals surface area contributed by atoms with E-state index in [1.54, 1.807) is 13.3 Å². The van der Waals surface area contributed by atoms with Gasteiger partial charge in [0.25, 0.3) is 0 Å². The average molecular weight is 355 g/mol. The van der Waals surface area contributed by atoms with E-state index in [4.69, 9.17) is 14.2 Å². The van der Waals surface area contributed by atoms with Gasteiger partial charge in [-0.3, -0.25) is 4.79 Å². The fourth-order valence-electron chi connectivity index (χ4n) is 3.92. The van der Waals surface area contributed by atoms with Crippen LogP contribution in [-0.2, 0) is 11.3 Å². The maximum atomic E-state index is 12.2. The number of carbonyl (C=O) groups excluding carboxylic acids is 1. The first-order valence-corrected chi connectivity index (χ1v) is 9.01. The van der Waals surface area contributed by atoms with Crippen molar-refractivity contribution in [3.63, 3.8) is 0 Å². The van der Waals surface area contributed by atoms with Crippen LogP contribution in [0.4, 0.5) is 0 Å². The third-order valence-electron chi connectivity index (χ3n) is 5.31. The van der Waals surface area contributed by atoms with E-state index < -0.39 is 0 Å². The molecule has 2 fully saturated rings. The molecule has 1 atom stereocenters. The Balaban J connectivity index is 1.41. The number of benzene rings is 1. The molecule has 5 rings (SSSR count). The summed E-state index contributed by atoms with van der Waals surface area (Å²) in [5.74, 6) is 3.41. The van der Waals surface area contributed by atoms with E-state index >= 15 is 0 Å². The number of likely N-dealkylation sites (tertiary alicyclic amines) is 1. The van der Waals surface area contributed by atoms with Gasteiger partial charge in [0, 0.05) is 49.4 Å². The van der Waals surface area contributed by atoms with Gasteiger partial charge in [0.15, 0.2) is 11.5 Å². The molecule has 0 radical (unpaired) electrons. The number of fused-ring (bicyclic) bond motifs is 1. The molecule has 136 valence electrons. The highest BCUT2D eigenvalue weighted by Crippen LogP contribution is 2.44. The zero-order valence-corrected chi connectivity index (χ0v) is 14.7. The van der Waals surface area contributed by atoms with Crippen molar-refractivity contribution in [1.82, 2.24) is 14.5 Å². The molecule has 26 heavy (non-hydrogen) atoms. The predicted molar refractivity (Wildman–Crippen MR) is 93.2 cm³/mol. The maximum Gasteiger partial charge on any atom is 0.231 e. The number of imidazole rings is 1. The van der Waals surface area contributed by atoms with Gasteiger partial charge in [-0.1, -0.05) is 0 Å². The van der Waals surface area contributed by atoms with Crippen LogP contribution in [-0.4, -0.2) is 46.8 Å². The highest BCUT2D eigenvalue weighted by atomic mass is 16.7. The lowest BCUT2D eigenvalue weighted by Gasteiger charge is -2.16. The lowest BCUT2D eigenvalue weighted by molar-refractivity contribution is -0.128. The van der Waals surface area contributed by atoms with Crippen molar-refractivity contribution in [2.45, 2.75) is 31.8 Å². The first-order chi connectivity index (χ1) is 12.7. The minimum Gasteiger partial charge on any atom is -0.493 e. The molecule has 1 aliphatic carbocycles. The van der Waals surface area contributed by atoms with E-state index in [9.17, 15) is 4.79 Å². The van der Waals surface area contributed by atoms with Crippen molar-refractivity contribution in [3.05, 3.63) is 24.5 Å². The topological polar surface area (TPSA) is 65.8 Å². The second-order valence-corrected chi connectivity index (χ2v) is 7.16. The molecule has 1 unspecified atom stereocenters. The molecule has 1 aromatic carbocycles. The molecule has 0 N–H and O–H groups in total. The van der Waals surface area contributed by atoms with E-state index in [2.05, 4.69) is 14.5 Å². The molecule has 0 spiro atoms. The Morgan fingerprint density at radius 2 is 2.19 bits per heavy atom. The highest BCUT2D eigenvalue weighted by Gasteiger charge is 2.39. The van der Waals surface area contributed by atoms with Crippen LogP contribution >= 0.6 is 0 Å². The third kappa shape index (κ3) is 2.58. The quantitative estimate of drug-likeness (QED) is 0.823. The summed E-state index contributed by atoms with van der Waals surface area (Å²) < 4.78 is 18.5. The summed E-state index contributed by atoms with van der Waals surface area (Å²) in [7, 11) is 1.62. The molecule has 2 aliphatic heterocycles. The van der Waals surface area contributed by atoms with Gasteiger partial charge in [0.1, 0.15) is 5.82 Å². The zero-order valence-electron chi connectivity index (χ0n) is 14.7. The standard InChI is InChI=1S/C19H21N3O4/c1-24-15-7-13(8-16-18(15)26-11-25-16)19-20-4-5-21(19)9-12-6-17(23)22(10-12)14-2-3-14/h4-5,7-8,12,14H,2-3,6,9-11H2,1H3. The summed E-state index contributed by atoms with van der Waals surface area (Å²) in [5.41, 5.74) is 0.916. The summed E-state index contributed by atoms with van der Waals surface area (Å²) in [6.07, 6.45) is 6.70. The number of methoxy groups -OCH3 is 1. The second kappa shape index (κ2) is 5.93. The zero-order chi connectivity index (χ0) is 17.7. The number of amides is 1. The van der Waals surface area contributed by atoms with Gasteiger partial charge in [-0.05, 0) is 25.0 Å². The SMILES string of the molecule is COc1cc(-c2nccn2CC2CC(=O)N(C3CC3)C2)cc2c1OCO2. The maximum absolute atomic E-state index is 12.2. The van der Waals surface area contributed by atoms with Crippen LogP contribution in [0.1, 0.15) is 19.3 Å². The van der Waals surface area contributed by atoms with Crippen LogP contribution in [0.5, 0.6) is 17.2 Å². The molecule has 3 heterocycles. The normalized spacial score (nSPS) is 21.5. The van der Waals surface area contributed by atoms with Crippen LogP contribution in [0.15, 0.2) is 24.5 Å². The highest BCUT2D eigenvalue weighted by molar-refractivity contribution is 5.79. The van der Waals surface area contributed by atoms with Crippen molar-refractivity contribution < 1.29 is 19.0 Å². The molecule has 1 saturated carbocycles. The Hall–Kier alpha value is -2.70. The summed E-state index contributed by atoms with van der Waals surface area (Å²) in [6.45, 7) is 1.83. The van der Waals surface area contributed by atoms with Crippen molar-refractivity contribution >= 4 is 5.91 Å². The first-order valence-electron chi connectivity index (χ1n) is 9.01. The lowest BCUT2D eigenvalue weighted by atomic mass is 10.1. The Morgan fingerprint density at radius 3 is 3.00 bits per heavy atom. The molecule has 1 aromatic heterocycles. The first kappa shape index (κ1) is 15.5. The van der Waals surface area contributed by atoms with Crippen molar-refractivity contribution in [2.75, 3.05) is 20.4 Å². The van der Waals surface area contributed by atoms with Crippen LogP contribution in [0.25, 0.3) is 11.4 Å². The summed E-state index contributed by atoms with van der Waals surface area (Å²) in [6, 6.07) is 4.34. The van der Waals surface area contributed by atoms with Gasteiger partial charge >= 0.3 is 0 Å². The van der Waals surface area contributed by atoms with Gasteiger partial charge in [-0.15, -0.1) is 0 Å². The van der Waals surface area contributed by atoms with E-state index in [-0.39, 0.29) is 6.79 Å². The lowest BCUT2D eigenvalue weighted by Crippen LogP contribution is -2.27. The molecule has 3 aliphatic rings. The number of nitrogens with zero attached hydrogens (tertiary/aromatic N) is 3. The van der Waals surface area contributed by atoms with E-state index in [1.807, 2.05) is 18.3 Å². The fourth-order valence-corrected chi connectivity index (χ4v) is 3.92. The predicted octanol–water partition coefficient (Wildman–Crippen LogP) is 2.30. The summed E-state index contributed by atoms with van der Waals surface area (Å²) in [5, 5.41) is 0. The average Bonchev–Trinajstić information content (AvgIpc) is 3.04. The monoisotopic (exact) mass is 355 g/mol. The van der Waals surface area contributed by atoms with E-state index in [1.165, 1.54) is 0 Å². The van der Waals surface area contributed by atoms with Crippen LogP contribution in [0.3, 0.4) is 0 Å². The number of aromatic nitrogens is 2. The van der Waals surface area contributed by atoms with Crippen molar-refractivity contribution in [1.29, 1.82) is 0 Å². The summed E-state index contributed by atoms with van der Waals surface area (Å²) in [4.78, 5) is 18.8. The molecule has 7 heteroatoms. The smallest absolute Gasteiger partial charge is 0.231 e. The molecular weight excluding hydrogens is 334 g/mol. The van der Waals surface area contributed by atoms with Gasteiger partial charge in [0.05, 0.1) is 7.11 Å². The van der Waals surface area contributed by atoms with Crippen molar-refractivity contribution in [3.8, 4) is 28.6 Å². The summed E-state index contributed by atoms with van der Waals surface area (Å²) >= 11 is 0. The van der Waals surface area contributed by atoms with Crippen LogP contribution < -0.4 is 14.2 Å². The number of carbonyl (C=O) groups is 1. The van der Waals surface area contributed by atoms with Crippen LogP contribution in [0, 0.1) is 5.92 Å². The fraction of sp³-hybridized carbons (Fsp3) is 0.474. The minimum atomic E-state index is 0.199. The van der Waals surface area contributed by atoms with Gasteiger partial charge in [-0.25, -0.2) is 4.98 Å². The minimum absolute atomic E-state index is 0.199. The Kier molecular flexibility index (Phi) is 3.55. The van der Waals surface area contributed by atoms with Gasteiger partial charge in [-0.2, -0.15) is 0 Å². The second-order valence-electron chi connectivity index (χ2n) is 7.16. The van der Waals surface area contributed by atoms with Gasteiger partial charge < -0.3 is 23.7 Å². The Morgan fingerprint density at radius 1 is 1.31 bits per heavy atom. The number of rotatable bonds is 5. The molecule has 1 amide bonds. The number of ether oxygens (including phenoxy) is 3. The van der Waals surface area contributed by atoms with Crippen molar-refractivity contribution in [2.24, 2.45) is 5.92 Å². The largest absolute Gasteiger partial charge is 0.493 e. The van der Waals surface area contributed by atoms with Crippen LogP contribution in [0.2, 0.25) is 0 Å². The van der Waals surface area contributed by atoms with E-state index in [0.717, 1.165) is 37.3 Å². The molecule has 1 saturated heterocycles. The van der Waals surface area contributed by atoms with E-state index in [0.29, 0.717) is 41.5 Å².